The summed E-state index contributed by atoms with van der Waals surface area (Å²) in [6, 6.07) is 9.66. The molecular weight excluding hydrogens is 212 g/mol. The average molecular weight is 232 g/mol. The number of benzene rings is 1. The normalized spacial score (nSPS) is 11.6. The fourth-order valence-electron chi connectivity index (χ4n) is 1.67. The van der Waals surface area contributed by atoms with Gasteiger partial charge in [0.05, 0.1) is 0 Å². The lowest BCUT2D eigenvalue weighted by Crippen LogP contribution is -2.10. The highest BCUT2D eigenvalue weighted by Gasteiger charge is 2.00. The molecule has 1 aromatic carbocycles. The van der Waals surface area contributed by atoms with Crippen molar-refractivity contribution in [2.45, 2.75) is 26.7 Å². The molecule has 0 bridgehead atoms. The fourth-order valence-corrected chi connectivity index (χ4v) is 1.67. The first kappa shape index (κ1) is 13.4. The maximum atomic E-state index is 8.39. The third-order valence-corrected chi connectivity index (χ3v) is 2.59. The Labute approximate surface area is 103 Å². The smallest absolute Gasteiger partial charge is 0.174 e. The fraction of sp³-hybridized carbons (Fsp3) is 0.500. The van der Waals surface area contributed by atoms with Crippen molar-refractivity contribution in [3.8, 4) is 11.8 Å². The number of hydrogen-bond acceptors (Lipinski definition) is 3. The topological polar surface area (TPSA) is 45.0 Å². The zero-order valence-corrected chi connectivity index (χ0v) is 10.6. The molecule has 17 heavy (non-hydrogen) atoms. The van der Waals surface area contributed by atoms with Gasteiger partial charge in [0.2, 0.25) is 0 Å². The second-order valence-corrected chi connectivity index (χ2v) is 4.25. The highest BCUT2D eigenvalue weighted by molar-refractivity contribution is 5.46. The molecule has 0 saturated heterocycles. The zero-order chi connectivity index (χ0) is 12.5. The summed E-state index contributed by atoms with van der Waals surface area (Å²) >= 11 is 0. The number of nitrogens with zero attached hydrogens (tertiary/aromatic N) is 1. The van der Waals surface area contributed by atoms with Crippen molar-refractivity contribution in [1.29, 1.82) is 5.26 Å². The van der Waals surface area contributed by atoms with Crippen LogP contribution in [-0.4, -0.2) is 13.2 Å². The van der Waals surface area contributed by atoms with Gasteiger partial charge >= 0.3 is 0 Å². The standard InChI is InChI=1S/C14H20N2O/c1-3-4-12(2)11-16-13-5-7-14(8-6-13)17-10-9-15/h5-8,12,16H,3-4,10-11H2,1-2H3. The van der Waals surface area contributed by atoms with E-state index in [2.05, 4.69) is 19.2 Å². The largest absolute Gasteiger partial charge is 0.479 e. The molecule has 0 fully saturated rings. The summed E-state index contributed by atoms with van der Waals surface area (Å²) in [4.78, 5) is 0. The van der Waals surface area contributed by atoms with Gasteiger partial charge in [0, 0.05) is 12.2 Å². The second kappa shape index (κ2) is 7.56. The van der Waals surface area contributed by atoms with Crippen LogP contribution in [0.15, 0.2) is 24.3 Å². The molecule has 0 amide bonds. The molecule has 1 N–H and O–H groups in total. The number of nitrogens with one attached hydrogen (secondary N) is 1. The number of anilines is 1. The Bertz CT molecular complexity index is 353. The van der Waals surface area contributed by atoms with Crippen LogP contribution in [0.4, 0.5) is 5.69 Å². The molecule has 0 spiro atoms. The molecule has 0 aliphatic rings. The lowest BCUT2D eigenvalue weighted by Gasteiger charge is -2.12. The first-order chi connectivity index (χ1) is 8.26. The van der Waals surface area contributed by atoms with E-state index in [9.17, 15) is 0 Å². The monoisotopic (exact) mass is 232 g/mol. The van der Waals surface area contributed by atoms with Gasteiger partial charge in [-0.05, 0) is 36.6 Å². The molecule has 1 atom stereocenters. The summed E-state index contributed by atoms with van der Waals surface area (Å²) in [6.07, 6.45) is 2.47. The minimum atomic E-state index is 0.0975. The molecule has 0 aliphatic carbocycles. The number of hydrogen-bond donors (Lipinski definition) is 1. The van der Waals surface area contributed by atoms with Crippen LogP contribution in [0.2, 0.25) is 0 Å². The van der Waals surface area contributed by atoms with Crippen LogP contribution >= 0.6 is 0 Å². The Balaban J connectivity index is 2.37. The van der Waals surface area contributed by atoms with Gasteiger partial charge in [0.25, 0.3) is 0 Å². The molecule has 0 saturated carbocycles. The third kappa shape index (κ3) is 5.26. The van der Waals surface area contributed by atoms with E-state index in [0.717, 1.165) is 18.0 Å². The Morgan fingerprint density at radius 2 is 2.06 bits per heavy atom. The Morgan fingerprint density at radius 1 is 1.35 bits per heavy atom. The van der Waals surface area contributed by atoms with Crippen molar-refractivity contribution in [3.05, 3.63) is 24.3 Å². The van der Waals surface area contributed by atoms with E-state index in [1.807, 2.05) is 30.3 Å². The summed E-state index contributed by atoms with van der Waals surface area (Å²) < 4.78 is 5.19. The van der Waals surface area contributed by atoms with Crippen LogP contribution < -0.4 is 10.1 Å². The first-order valence-corrected chi connectivity index (χ1v) is 6.10. The van der Waals surface area contributed by atoms with Crippen molar-refractivity contribution in [2.24, 2.45) is 5.92 Å². The van der Waals surface area contributed by atoms with Gasteiger partial charge in [0.15, 0.2) is 6.61 Å². The maximum absolute atomic E-state index is 8.39. The quantitative estimate of drug-likeness (QED) is 0.783. The van der Waals surface area contributed by atoms with Crippen molar-refractivity contribution in [2.75, 3.05) is 18.5 Å². The summed E-state index contributed by atoms with van der Waals surface area (Å²) in [5.41, 5.74) is 1.09. The van der Waals surface area contributed by atoms with Crippen LogP contribution in [0.5, 0.6) is 5.75 Å². The van der Waals surface area contributed by atoms with Gasteiger partial charge in [-0.1, -0.05) is 20.3 Å². The van der Waals surface area contributed by atoms with E-state index < -0.39 is 0 Å². The van der Waals surface area contributed by atoms with E-state index in [-0.39, 0.29) is 6.61 Å². The molecule has 1 rings (SSSR count). The Hall–Kier alpha value is -1.69. The Kier molecular flexibility index (Phi) is 5.95. The van der Waals surface area contributed by atoms with Gasteiger partial charge in [0.1, 0.15) is 11.8 Å². The summed E-state index contributed by atoms with van der Waals surface area (Å²) in [5.74, 6) is 1.42. The Morgan fingerprint density at radius 3 is 2.65 bits per heavy atom. The molecule has 1 unspecified atom stereocenters. The van der Waals surface area contributed by atoms with E-state index in [1.54, 1.807) is 0 Å². The van der Waals surface area contributed by atoms with Gasteiger partial charge in [-0.25, -0.2) is 0 Å². The van der Waals surface area contributed by atoms with E-state index in [1.165, 1.54) is 12.8 Å². The minimum absolute atomic E-state index is 0.0975. The zero-order valence-electron chi connectivity index (χ0n) is 10.6. The lowest BCUT2D eigenvalue weighted by atomic mass is 10.1. The van der Waals surface area contributed by atoms with Crippen molar-refractivity contribution < 1.29 is 4.74 Å². The van der Waals surface area contributed by atoms with Gasteiger partial charge in [-0.2, -0.15) is 5.26 Å². The SMILES string of the molecule is CCCC(C)CNc1ccc(OCC#N)cc1. The van der Waals surface area contributed by atoms with Crippen LogP contribution in [-0.2, 0) is 0 Å². The van der Waals surface area contributed by atoms with Crippen molar-refractivity contribution in [1.82, 2.24) is 0 Å². The van der Waals surface area contributed by atoms with Crippen LogP contribution in [0.3, 0.4) is 0 Å². The molecule has 1 aromatic rings. The second-order valence-electron chi connectivity index (χ2n) is 4.25. The van der Waals surface area contributed by atoms with E-state index in [4.69, 9.17) is 10.00 Å². The average Bonchev–Trinajstić information content (AvgIpc) is 2.35. The first-order valence-electron chi connectivity index (χ1n) is 6.10. The highest BCUT2D eigenvalue weighted by Crippen LogP contribution is 2.16. The predicted octanol–water partition coefficient (Wildman–Crippen LogP) is 3.44. The third-order valence-electron chi connectivity index (χ3n) is 2.59. The molecule has 0 heterocycles. The van der Waals surface area contributed by atoms with Crippen molar-refractivity contribution >= 4 is 5.69 Å². The van der Waals surface area contributed by atoms with Gasteiger partial charge in [-0.15, -0.1) is 0 Å². The van der Waals surface area contributed by atoms with Gasteiger partial charge in [-0.3, -0.25) is 0 Å². The number of rotatable bonds is 7. The predicted molar refractivity (Wildman–Crippen MR) is 70.1 cm³/mol. The molecule has 0 aliphatic heterocycles. The van der Waals surface area contributed by atoms with Gasteiger partial charge < -0.3 is 10.1 Å². The molecule has 3 nitrogen and oxygen atoms in total. The molecule has 0 radical (unpaired) electrons. The summed E-state index contributed by atoms with van der Waals surface area (Å²) in [6.45, 7) is 5.55. The van der Waals surface area contributed by atoms with E-state index >= 15 is 0 Å². The molecular formula is C14H20N2O. The molecule has 3 heteroatoms. The van der Waals surface area contributed by atoms with Crippen molar-refractivity contribution in [3.63, 3.8) is 0 Å². The molecule has 0 aromatic heterocycles. The van der Waals surface area contributed by atoms with Crippen LogP contribution in [0.1, 0.15) is 26.7 Å². The summed E-state index contributed by atoms with van der Waals surface area (Å²) in [5, 5.41) is 11.8. The highest BCUT2D eigenvalue weighted by atomic mass is 16.5. The van der Waals surface area contributed by atoms with Crippen LogP contribution in [0, 0.1) is 17.2 Å². The number of nitriles is 1. The summed E-state index contributed by atoms with van der Waals surface area (Å²) in [7, 11) is 0. The maximum Gasteiger partial charge on any atom is 0.174 e. The molecule has 92 valence electrons. The van der Waals surface area contributed by atoms with E-state index in [0.29, 0.717) is 5.92 Å². The van der Waals surface area contributed by atoms with Crippen LogP contribution in [0.25, 0.3) is 0 Å². The minimum Gasteiger partial charge on any atom is -0.479 e. The lowest BCUT2D eigenvalue weighted by molar-refractivity contribution is 0.368. The number of ether oxygens (including phenoxy) is 1.